The fourth-order valence-corrected chi connectivity index (χ4v) is 1.79. The van der Waals surface area contributed by atoms with Gasteiger partial charge >= 0.3 is 5.97 Å². The number of aromatic nitrogens is 1. The van der Waals surface area contributed by atoms with E-state index in [1.54, 1.807) is 0 Å². The second kappa shape index (κ2) is 4.91. The molecular weight excluding hydrogens is 230 g/mol. The lowest BCUT2D eigenvalue weighted by Gasteiger charge is -2.10. The third-order valence-corrected chi connectivity index (χ3v) is 2.66. The Bertz CT molecular complexity index is 596. The summed E-state index contributed by atoms with van der Waals surface area (Å²) in [5.74, 6) is 0.304. The highest BCUT2D eigenvalue weighted by Gasteiger charge is 2.08. The first kappa shape index (κ1) is 12.2. The van der Waals surface area contributed by atoms with Crippen molar-refractivity contribution >= 4 is 28.2 Å². The van der Waals surface area contributed by atoms with Crippen molar-refractivity contribution in [2.45, 2.75) is 6.92 Å². The summed E-state index contributed by atoms with van der Waals surface area (Å²) in [7, 11) is 1.35. The number of carbonyl (C=O) groups is 1. The number of pyridine rings is 1. The first-order valence-electron chi connectivity index (χ1n) is 5.58. The molecule has 18 heavy (non-hydrogen) atoms. The van der Waals surface area contributed by atoms with E-state index in [0.717, 1.165) is 16.5 Å². The van der Waals surface area contributed by atoms with E-state index >= 15 is 0 Å². The SMILES string of the molecule is COC(=O)CNc1nc(C)cc2c(N)cccc12. The topological polar surface area (TPSA) is 77.2 Å². The zero-order chi connectivity index (χ0) is 13.1. The van der Waals surface area contributed by atoms with Crippen LogP contribution in [0.3, 0.4) is 0 Å². The van der Waals surface area contributed by atoms with Crippen molar-refractivity contribution in [3.63, 3.8) is 0 Å². The molecule has 1 aromatic carbocycles. The molecule has 0 aliphatic heterocycles. The van der Waals surface area contributed by atoms with Gasteiger partial charge in [-0.15, -0.1) is 0 Å². The van der Waals surface area contributed by atoms with E-state index in [9.17, 15) is 4.79 Å². The highest BCUT2D eigenvalue weighted by atomic mass is 16.5. The second-order valence-electron chi connectivity index (χ2n) is 3.98. The number of esters is 1. The highest BCUT2D eigenvalue weighted by Crippen LogP contribution is 2.26. The van der Waals surface area contributed by atoms with Gasteiger partial charge in [-0.2, -0.15) is 0 Å². The summed E-state index contributed by atoms with van der Waals surface area (Å²) < 4.78 is 4.58. The van der Waals surface area contributed by atoms with Crippen molar-refractivity contribution < 1.29 is 9.53 Å². The molecule has 5 nitrogen and oxygen atoms in total. The molecule has 0 saturated heterocycles. The Hall–Kier alpha value is -2.30. The Morgan fingerprint density at radius 3 is 2.94 bits per heavy atom. The minimum absolute atomic E-state index is 0.0802. The summed E-state index contributed by atoms with van der Waals surface area (Å²) in [4.78, 5) is 15.5. The molecule has 1 heterocycles. The molecule has 0 aliphatic carbocycles. The lowest BCUT2D eigenvalue weighted by atomic mass is 10.1. The van der Waals surface area contributed by atoms with Crippen LogP contribution in [-0.2, 0) is 9.53 Å². The van der Waals surface area contributed by atoms with Gasteiger partial charge in [0.15, 0.2) is 0 Å². The molecule has 0 amide bonds. The largest absolute Gasteiger partial charge is 0.468 e. The monoisotopic (exact) mass is 245 g/mol. The number of nitrogen functional groups attached to an aromatic ring is 1. The van der Waals surface area contributed by atoms with Gasteiger partial charge in [0.05, 0.1) is 7.11 Å². The van der Waals surface area contributed by atoms with E-state index in [1.807, 2.05) is 31.2 Å². The van der Waals surface area contributed by atoms with Gasteiger partial charge in [0, 0.05) is 22.2 Å². The lowest BCUT2D eigenvalue weighted by molar-refractivity contribution is -0.138. The number of fused-ring (bicyclic) bond motifs is 1. The maximum atomic E-state index is 11.1. The van der Waals surface area contributed by atoms with Gasteiger partial charge in [-0.05, 0) is 19.1 Å². The van der Waals surface area contributed by atoms with E-state index in [-0.39, 0.29) is 12.5 Å². The van der Waals surface area contributed by atoms with Gasteiger partial charge in [-0.3, -0.25) is 4.79 Å². The summed E-state index contributed by atoms with van der Waals surface area (Å²) in [5, 5.41) is 4.79. The lowest BCUT2D eigenvalue weighted by Crippen LogP contribution is -2.16. The third-order valence-electron chi connectivity index (χ3n) is 2.66. The fourth-order valence-electron chi connectivity index (χ4n) is 1.79. The third kappa shape index (κ3) is 2.34. The molecular formula is C13H15N3O2. The van der Waals surface area contributed by atoms with Gasteiger partial charge in [-0.1, -0.05) is 12.1 Å². The van der Waals surface area contributed by atoms with Crippen LogP contribution >= 0.6 is 0 Å². The molecule has 2 aromatic rings. The number of benzene rings is 1. The number of anilines is 2. The van der Waals surface area contributed by atoms with Crippen LogP contribution in [-0.4, -0.2) is 24.6 Å². The number of hydrogen-bond acceptors (Lipinski definition) is 5. The predicted octanol–water partition coefficient (Wildman–Crippen LogP) is 1.71. The van der Waals surface area contributed by atoms with Crippen molar-refractivity contribution in [3.8, 4) is 0 Å². The van der Waals surface area contributed by atoms with Gasteiger partial charge < -0.3 is 15.8 Å². The summed E-state index contributed by atoms with van der Waals surface area (Å²) in [6.45, 7) is 1.96. The zero-order valence-corrected chi connectivity index (χ0v) is 10.4. The van der Waals surface area contributed by atoms with Crippen molar-refractivity contribution in [2.75, 3.05) is 24.7 Å². The molecule has 5 heteroatoms. The van der Waals surface area contributed by atoms with Crippen LogP contribution in [0.15, 0.2) is 24.3 Å². The molecule has 0 fully saturated rings. The van der Waals surface area contributed by atoms with Gasteiger partial charge in [0.1, 0.15) is 12.4 Å². The van der Waals surface area contributed by atoms with E-state index in [1.165, 1.54) is 7.11 Å². The van der Waals surface area contributed by atoms with E-state index in [2.05, 4.69) is 15.0 Å². The number of nitrogens with zero attached hydrogens (tertiary/aromatic N) is 1. The fraction of sp³-hybridized carbons (Fsp3) is 0.231. The maximum Gasteiger partial charge on any atom is 0.325 e. The standard InChI is InChI=1S/C13H15N3O2/c1-8-6-10-9(4-3-5-11(10)14)13(16-8)15-7-12(17)18-2/h3-6H,7,14H2,1-2H3,(H,15,16). The molecule has 3 N–H and O–H groups in total. The Labute approximate surface area is 105 Å². The van der Waals surface area contributed by atoms with Crippen LogP contribution in [0, 0.1) is 6.92 Å². The zero-order valence-electron chi connectivity index (χ0n) is 10.4. The number of ether oxygens (including phenoxy) is 1. The van der Waals surface area contributed by atoms with E-state index < -0.39 is 0 Å². The number of rotatable bonds is 3. The number of hydrogen-bond donors (Lipinski definition) is 2. The summed E-state index contributed by atoms with van der Waals surface area (Å²) >= 11 is 0. The maximum absolute atomic E-state index is 11.1. The van der Waals surface area contributed by atoms with Crippen LogP contribution in [0.25, 0.3) is 10.8 Å². The number of methoxy groups -OCH3 is 1. The molecule has 2 rings (SSSR count). The minimum Gasteiger partial charge on any atom is -0.468 e. The Kier molecular flexibility index (Phi) is 3.32. The van der Waals surface area contributed by atoms with Crippen LogP contribution in [0.1, 0.15) is 5.69 Å². The van der Waals surface area contributed by atoms with Gasteiger partial charge in [0.2, 0.25) is 0 Å². The number of nitrogens with one attached hydrogen (secondary N) is 1. The van der Waals surface area contributed by atoms with Crippen LogP contribution in [0.4, 0.5) is 11.5 Å². The average molecular weight is 245 g/mol. The Balaban J connectivity index is 2.43. The van der Waals surface area contributed by atoms with Crippen molar-refractivity contribution in [2.24, 2.45) is 0 Å². The highest BCUT2D eigenvalue weighted by molar-refractivity contribution is 6.00. The minimum atomic E-state index is -0.338. The first-order chi connectivity index (χ1) is 8.61. The van der Waals surface area contributed by atoms with E-state index in [4.69, 9.17) is 5.73 Å². The molecule has 0 aliphatic rings. The molecule has 0 spiro atoms. The van der Waals surface area contributed by atoms with Crippen LogP contribution < -0.4 is 11.1 Å². The molecule has 0 radical (unpaired) electrons. The Morgan fingerprint density at radius 1 is 1.44 bits per heavy atom. The van der Waals surface area contributed by atoms with Crippen molar-refractivity contribution in [3.05, 3.63) is 30.0 Å². The van der Waals surface area contributed by atoms with Crippen molar-refractivity contribution in [1.82, 2.24) is 4.98 Å². The van der Waals surface area contributed by atoms with Crippen LogP contribution in [0.2, 0.25) is 0 Å². The predicted molar refractivity (Wildman–Crippen MR) is 71.4 cm³/mol. The number of aryl methyl sites for hydroxylation is 1. The summed E-state index contributed by atoms with van der Waals surface area (Å²) in [6, 6.07) is 7.54. The smallest absolute Gasteiger partial charge is 0.325 e. The quantitative estimate of drug-likeness (QED) is 0.636. The second-order valence-corrected chi connectivity index (χ2v) is 3.98. The number of nitrogens with two attached hydrogens (primary N) is 1. The Morgan fingerprint density at radius 2 is 2.22 bits per heavy atom. The number of carbonyl (C=O) groups excluding carboxylic acids is 1. The van der Waals surface area contributed by atoms with Crippen LogP contribution in [0.5, 0.6) is 0 Å². The van der Waals surface area contributed by atoms with Gasteiger partial charge in [-0.25, -0.2) is 4.98 Å². The molecule has 0 bridgehead atoms. The summed E-state index contributed by atoms with van der Waals surface area (Å²) in [6.07, 6.45) is 0. The van der Waals surface area contributed by atoms with Crippen molar-refractivity contribution in [1.29, 1.82) is 0 Å². The first-order valence-corrected chi connectivity index (χ1v) is 5.58. The molecule has 0 atom stereocenters. The molecule has 94 valence electrons. The van der Waals surface area contributed by atoms with Gasteiger partial charge in [0.25, 0.3) is 0 Å². The molecule has 1 aromatic heterocycles. The van der Waals surface area contributed by atoms with E-state index in [0.29, 0.717) is 11.5 Å². The average Bonchev–Trinajstić information content (AvgIpc) is 2.36. The molecule has 0 saturated carbocycles. The normalized spacial score (nSPS) is 10.3. The molecule has 0 unspecified atom stereocenters. The summed E-state index contributed by atoms with van der Waals surface area (Å²) in [5.41, 5.74) is 7.46.